The van der Waals surface area contributed by atoms with E-state index in [0.717, 1.165) is 23.1 Å². The van der Waals surface area contributed by atoms with E-state index in [0.29, 0.717) is 5.92 Å². The number of anilines is 1. The van der Waals surface area contributed by atoms with Crippen LogP contribution >= 0.6 is 11.3 Å². The summed E-state index contributed by atoms with van der Waals surface area (Å²) in [5, 5.41) is 9.82. The van der Waals surface area contributed by atoms with Crippen molar-refractivity contribution in [3.05, 3.63) is 10.6 Å². The molecule has 1 aromatic rings. The summed E-state index contributed by atoms with van der Waals surface area (Å²) in [6.07, 6.45) is 2.43. The molecule has 0 amide bonds. The topological polar surface area (TPSA) is 53.4 Å². The molecule has 1 N–H and O–H groups in total. The van der Waals surface area contributed by atoms with Crippen LogP contribution in [-0.2, 0) is 0 Å². The first kappa shape index (κ1) is 11.4. The number of carboxylic acid groups (broad SMARTS) is 1. The molecule has 0 aromatic carbocycles. The number of carbonyl (C=O) groups is 1. The van der Waals surface area contributed by atoms with Gasteiger partial charge in [-0.25, -0.2) is 9.78 Å². The van der Waals surface area contributed by atoms with Gasteiger partial charge in [0.2, 0.25) is 0 Å². The first-order valence-corrected chi connectivity index (χ1v) is 6.35. The van der Waals surface area contributed by atoms with Gasteiger partial charge >= 0.3 is 5.97 Å². The van der Waals surface area contributed by atoms with Gasteiger partial charge in [0.05, 0.1) is 0 Å². The minimum Gasteiger partial charge on any atom is -0.476 e. The number of rotatable bonds is 2. The number of aromatic carboxylic acids is 1. The van der Waals surface area contributed by atoms with Crippen molar-refractivity contribution < 1.29 is 9.90 Å². The highest BCUT2D eigenvalue weighted by Gasteiger charge is 2.22. The van der Waals surface area contributed by atoms with Crippen LogP contribution in [0.15, 0.2) is 0 Å². The van der Waals surface area contributed by atoms with Gasteiger partial charge in [0.25, 0.3) is 0 Å². The largest absolute Gasteiger partial charge is 0.476 e. The Hall–Kier alpha value is -1.10. The van der Waals surface area contributed by atoms with E-state index in [1.54, 1.807) is 0 Å². The van der Waals surface area contributed by atoms with Crippen molar-refractivity contribution in [2.24, 2.45) is 5.92 Å². The van der Waals surface area contributed by atoms with E-state index in [2.05, 4.69) is 16.8 Å². The van der Waals surface area contributed by atoms with Gasteiger partial charge in [-0.1, -0.05) is 6.92 Å². The first-order valence-electron chi connectivity index (χ1n) is 5.53. The molecular formula is C11H16N2O2S. The highest BCUT2D eigenvalue weighted by Crippen LogP contribution is 2.29. The number of hydrogen-bond acceptors (Lipinski definition) is 4. The third-order valence-corrected chi connectivity index (χ3v) is 3.95. The minimum absolute atomic E-state index is 0.207. The van der Waals surface area contributed by atoms with E-state index in [1.165, 1.54) is 24.2 Å². The zero-order valence-corrected chi connectivity index (χ0v) is 10.4. The second-order valence-electron chi connectivity index (χ2n) is 4.40. The number of aromatic nitrogens is 1. The summed E-state index contributed by atoms with van der Waals surface area (Å²) in [5.41, 5.74) is 0.207. The van der Waals surface area contributed by atoms with Crippen LogP contribution in [0.1, 0.15) is 35.1 Å². The van der Waals surface area contributed by atoms with Crippen molar-refractivity contribution in [2.75, 3.05) is 18.0 Å². The maximum atomic E-state index is 10.9. The standard InChI is InChI=1S/C11H16N2O2S/c1-7-4-3-5-13(6-7)11-12-9(10(14)15)8(2)16-11/h7H,3-6H2,1-2H3,(H,14,15). The highest BCUT2D eigenvalue weighted by atomic mass is 32.1. The van der Waals surface area contributed by atoms with Crippen LogP contribution in [0.25, 0.3) is 0 Å². The van der Waals surface area contributed by atoms with E-state index in [9.17, 15) is 4.79 Å². The molecule has 5 heteroatoms. The maximum Gasteiger partial charge on any atom is 0.355 e. The minimum atomic E-state index is -0.926. The molecule has 0 bridgehead atoms. The van der Waals surface area contributed by atoms with Crippen molar-refractivity contribution in [1.82, 2.24) is 4.98 Å². The Morgan fingerprint density at radius 3 is 2.94 bits per heavy atom. The second-order valence-corrected chi connectivity index (χ2v) is 5.58. The van der Waals surface area contributed by atoms with Crippen molar-refractivity contribution >= 4 is 22.4 Å². The lowest BCUT2D eigenvalue weighted by Gasteiger charge is -2.30. The average Bonchev–Trinajstić information content (AvgIpc) is 2.60. The molecule has 1 aliphatic rings. The Morgan fingerprint density at radius 2 is 2.38 bits per heavy atom. The third kappa shape index (κ3) is 2.19. The fourth-order valence-electron chi connectivity index (χ4n) is 2.08. The van der Waals surface area contributed by atoms with Crippen LogP contribution in [0.4, 0.5) is 5.13 Å². The van der Waals surface area contributed by atoms with Gasteiger partial charge in [0, 0.05) is 18.0 Å². The molecule has 1 fully saturated rings. The zero-order chi connectivity index (χ0) is 11.7. The zero-order valence-electron chi connectivity index (χ0n) is 9.56. The molecular weight excluding hydrogens is 224 g/mol. The molecule has 1 aliphatic heterocycles. The van der Waals surface area contributed by atoms with Crippen molar-refractivity contribution in [1.29, 1.82) is 0 Å². The summed E-state index contributed by atoms with van der Waals surface area (Å²) in [5.74, 6) is -0.253. The van der Waals surface area contributed by atoms with Crippen LogP contribution < -0.4 is 4.90 Å². The Kier molecular flexibility index (Phi) is 3.14. The summed E-state index contributed by atoms with van der Waals surface area (Å²) in [6.45, 7) is 6.03. The normalized spacial score (nSPS) is 21.1. The van der Waals surface area contributed by atoms with Crippen LogP contribution in [0.3, 0.4) is 0 Å². The van der Waals surface area contributed by atoms with Gasteiger partial charge in [-0.05, 0) is 25.7 Å². The lowest BCUT2D eigenvalue weighted by molar-refractivity contribution is 0.0690. The van der Waals surface area contributed by atoms with Gasteiger partial charge in [-0.2, -0.15) is 0 Å². The van der Waals surface area contributed by atoms with E-state index < -0.39 is 5.97 Å². The molecule has 88 valence electrons. The summed E-state index contributed by atoms with van der Waals surface area (Å²) < 4.78 is 0. The number of aryl methyl sites for hydroxylation is 1. The number of hydrogen-bond donors (Lipinski definition) is 1. The van der Waals surface area contributed by atoms with E-state index in [-0.39, 0.29) is 5.69 Å². The van der Waals surface area contributed by atoms with Gasteiger partial charge in [-0.3, -0.25) is 0 Å². The maximum absolute atomic E-state index is 10.9. The first-order chi connectivity index (χ1) is 7.58. The summed E-state index contributed by atoms with van der Waals surface area (Å²) in [4.78, 5) is 18.1. The fraction of sp³-hybridized carbons (Fsp3) is 0.636. The number of thiazole rings is 1. The third-order valence-electron chi connectivity index (χ3n) is 2.92. The van der Waals surface area contributed by atoms with E-state index >= 15 is 0 Å². The Morgan fingerprint density at radius 1 is 1.62 bits per heavy atom. The van der Waals surface area contributed by atoms with Gasteiger partial charge in [0.1, 0.15) is 0 Å². The Balaban J connectivity index is 2.20. The molecule has 1 saturated heterocycles. The SMILES string of the molecule is Cc1sc(N2CCCC(C)C2)nc1C(=O)O. The van der Waals surface area contributed by atoms with Gasteiger partial charge in [-0.15, -0.1) is 11.3 Å². The van der Waals surface area contributed by atoms with Gasteiger partial charge < -0.3 is 10.0 Å². The predicted octanol–water partition coefficient (Wildman–Crippen LogP) is 2.39. The molecule has 1 aromatic heterocycles. The van der Waals surface area contributed by atoms with E-state index in [4.69, 9.17) is 5.11 Å². The van der Waals surface area contributed by atoms with Gasteiger partial charge in [0.15, 0.2) is 10.8 Å². The molecule has 2 rings (SSSR count). The molecule has 0 aliphatic carbocycles. The number of piperidine rings is 1. The number of carboxylic acids is 1. The summed E-state index contributed by atoms with van der Waals surface area (Å²) >= 11 is 1.49. The lowest BCUT2D eigenvalue weighted by Crippen LogP contribution is -2.34. The molecule has 0 spiro atoms. The molecule has 16 heavy (non-hydrogen) atoms. The van der Waals surface area contributed by atoms with E-state index in [1.807, 2.05) is 6.92 Å². The predicted molar refractivity (Wildman–Crippen MR) is 64.4 cm³/mol. The molecule has 2 heterocycles. The van der Waals surface area contributed by atoms with Crippen LogP contribution in [0, 0.1) is 12.8 Å². The quantitative estimate of drug-likeness (QED) is 0.862. The lowest BCUT2D eigenvalue weighted by atomic mass is 10.0. The molecule has 0 saturated carbocycles. The monoisotopic (exact) mass is 240 g/mol. The number of nitrogens with zero attached hydrogens (tertiary/aromatic N) is 2. The van der Waals surface area contributed by atoms with Crippen LogP contribution in [0.5, 0.6) is 0 Å². The average molecular weight is 240 g/mol. The van der Waals surface area contributed by atoms with Crippen molar-refractivity contribution in [2.45, 2.75) is 26.7 Å². The smallest absolute Gasteiger partial charge is 0.355 e. The second kappa shape index (κ2) is 4.41. The Labute approximate surface area is 98.9 Å². The molecule has 0 radical (unpaired) electrons. The van der Waals surface area contributed by atoms with Crippen LogP contribution in [0.2, 0.25) is 0 Å². The van der Waals surface area contributed by atoms with Crippen LogP contribution in [-0.4, -0.2) is 29.1 Å². The van der Waals surface area contributed by atoms with Crippen molar-refractivity contribution in [3.8, 4) is 0 Å². The summed E-state index contributed by atoms with van der Waals surface area (Å²) in [7, 11) is 0. The molecule has 1 atom stereocenters. The fourth-order valence-corrected chi connectivity index (χ4v) is 3.01. The summed E-state index contributed by atoms with van der Waals surface area (Å²) in [6, 6.07) is 0. The molecule has 4 nitrogen and oxygen atoms in total. The highest BCUT2D eigenvalue weighted by molar-refractivity contribution is 7.15. The Bertz CT molecular complexity index is 403. The molecule has 1 unspecified atom stereocenters. The van der Waals surface area contributed by atoms with Crippen molar-refractivity contribution in [3.63, 3.8) is 0 Å².